The summed E-state index contributed by atoms with van der Waals surface area (Å²) in [6.45, 7) is 8.61. The fourth-order valence-electron chi connectivity index (χ4n) is 2.27. The van der Waals surface area contributed by atoms with Gasteiger partial charge < -0.3 is 5.21 Å². The van der Waals surface area contributed by atoms with Crippen LogP contribution in [0.15, 0.2) is 5.16 Å². The summed E-state index contributed by atoms with van der Waals surface area (Å²) >= 11 is 0. The van der Waals surface area contributed by atoms with E-state index < -0.39 is 10.0 Å². The van der Waals surface area contributed by atoms with Crippen molar-refractivity contribution in [1.82, 2.24) is 4.31 Å². The Labute approximate surface area is 110 Å². The number of oxime groups is 1. The van der Waals surface area contributed by atoms with Crippen molar-refractivity contribution in [2.75, 3.05) is 18.8 Å². The quantitative estimate of drug-likeness (QED) is 0.632. The van der Waals surface area contributed by atoms with Crippen molar-refractivity contribution in [3.63, 3.8) is 0 Å². The van der Waals surface area contributed by atoms with Crippen LogP contribution in [0.3, 0.4) is 0 Å². The molecule has 0 aromatic heterocycles. The van der Waals surface area contributed by atoms with E-state index in [9.17, 15) is 8.42 Å². The summed E-state index contributed by atoms with van der Waals surface area (Å²) in [7, 11) is -3.22. The van der Waals surface area contributed by atoms with Gasteiger partial charge in [-0.2, -0.15) is 0 Å². The smallest absolute Gasteiger partial charge is 0.214 e. The van der Waals surface area contributed by atoms with Gasteiger partial charge in [-0.1, -0.05) is 32.9 Å². The van der Waals surface area contributed by atoms with Crippen LogP contribution in [-0.4, -0.2) is 42.5 Å². The Bertz CT molecular complexity index is 410. The molecule has 1 heterocycles. The van der Waals surface area contributed by atoms with Gasteiger partial charge in [0, 0.05) is 25.4 Å². The van der Waals surface area contributed by atoms with Crippen LogP contribution in [0.4, 0.5) is 0 Å². The van der Waals surface area contributed by atoms with Gasteiger partial charge in [-0.3, -0.25) is 0 Å². The second-order valence-corrected chi connectivity index (χ2v) is 8.09. The Morgan fingerprint density at radius 2 is 2.06 bits per heavy atom. The van der Waals surface area contributed by atoms with Crippen LogP contribution in [-0.2, 0) is 10.0 Å². The van der Waals surface area contributed by atoms with Crippen molar-refractivity contribution in [3.8, 4) is 0 Å². The van der Waals surface area contributed by atoms with E-state index in [1.165, 1.54) is 0 Å². The van der Waals surface area contributed by atoms with Gasteiger partial charge in [-0.25, -0.2) is 12.7 Å². The number of hydrogen-bond acceptors (Lipinski definition) is 4. The van der Waals surface area contributed by atoms with Crippen LogP contribution in [0.2, 0.25) is 0 Å². The monoisotopic (exact) mass is 276 g/mol. The van der Waals surface area contributed by atoms with Gasteiger partial charge in [-0.05, 0) is 11.8 Å². The van der Waals surface area contributed by atoms with Gasteiger partial charge in [-0.15, -0.1) is 0 Å². The van der Waals surface area contributed by atoms with Crippen LogP contribution in [0, 0.1) is 11.3 Å². The van der Waals surface area contributed by atoms with Crippen LogP contribution in [0.25, 0.3) is 0 Å². The first-order valence-electron chi connectivity index (χ1n) is 6.38. The number of nitrogens with zero attached hydrogens (tertiary/aromatic N) is 2. The molecule has 0 spiro atoms. The molecule has 1 atom stereocenters. The third-order valence-electron chi connectivity index (χ3n) is 3.14. The molecule has 1 N–H and O–H groups in total. The Morgan fingerprint density at radius 3 is 2.50 bits per heavy atom. The SMILES string of the molecule is CCC1CN(S(=O)(=O)CC(C)(C)C)CCC1=NO. The lowest BCUT2D eigenvalue weighted by Gasteiger charge is -2.33. The number of rotatable bonds is 3. The highest BCUT2D eigenvalue weighted by atomic mass is 32.2. The highest BCUT2D eigenvalue weighted by Crippen LogP contribution is 2.24. The topological polar surface area (TPSA) is 70.0 Å². The molecule has 106 valence electrons. The van der Waals surface area contributed by atoms with Crippen LogP contribution < -0.4 is 0 Å². The van der Waals surface area contributed by atoms with E-state index in [1.807, 2.05) is 27.7 Å². The largest absolute Gasteiger partial charge is 0.411 e. The predicted octanol–water partition coefficient (Wildman–Crippen LogP) is 1.92. The summed E-state index contributed by atoms with van der Waals surface area (Å²) in [5.41, 5.74) is 0.478. The molecule has 5 nitrogen and oxygen atoms in total. The molecule has 0 radical (unpaired) electrons. The molecule has 1 unspecified atom stereocenters. The summed E-state index contributed by atoms with van der Waals surface area (Å²) < 4.78 is 26.1. The first-order valence-corrected chi connectivity index (χ1v) is 7.99. The van der Waals surface area contributed by atoms with E-state index >= 15 is 0 Å². The molecule has 0 aromatic rings. The second-order valence-electron chi connectivity index (χ2n) is 6.12. The summed E-state index contributed by atoms with van der Waals surface area (Å²) in [5.74, 6) is 0.195. The van der Waals surface area contributed by atoms with Crippen molar-refractivity contribution in [3.05, 3.63) is 0 Å². The molecule has 0 aliphatic carbocycles. The molecule has 1 fully saturated rings. The van der Waals surface area contributed by atoms with Gasteiger partial charge in [0.2, 0.25) is 10.0 Å². The first kappa shape index (κ1) is 15.4. The molecule has 1 saturated heterocycles. The molecule has 6 heteroatoms. The molecule has 0 bridgehead atoms. The fraction of sp³-hybridized carbons (Fsp3) is 0.917. The Morgan fingerprint density at radius 1 is 1.44 bits per heavy atom. The minimum atomic E-state index is -3.22. The van der Waals surface area contributed by atoms with Gasteiger partial charge >= 0.3 is 0 Å². The van der Waals surface area contributed by atoms with Gasteiger partial charge in [0.25, 0.3) is 0 Å². The zero-order valence-electron chi connectivity index (χ0n) is 11.7. The number of piperidine rings is 1. The molecule has 0 saturated carbocycles. The van der Waals surface area contributed by atoms with E-state index in [2.05, 4.69) is 5.16 Å². The molecule has 1 aliphatic heterocycles. The Balaban J connectivity index is 2.81. The minimum absolute atomic E-state index is 0.0403. The van der Waals surface area contributed by atoms with Crippen molar-refractivity contribution >= 4 is 15.7 Å². The second kappa shape index (κ2) is 5.57. The molecular formula is C12H24N2O3S. The standard InChI is InChI=1S/C12H24N2O3S/c1-5-10-8-14(7-6-11(10)13-15)18(16,17)9-12(2,3)4/h10,15H,5-9H2,1-4H3. The molecule has 0 amide bonds. The van der Waals surface area contributed by atoms with E-state index in [0.717, 1.165) is 12.1 Å². The lowest BCUT2D eigenvalue weighted by molar-refractivity contribution is 0.294. The maximum absolute atomic E-state index is 12.3. The maximum atomic E-state index is 12.3. The molecule has 1 aliphatic rings. The third kappa shape index (κ3) is 3.95. The summed E-state index contributed by atoms with van der Waals surface area (Å²) in [4.78, 5) is 0. The third-order valence-corrected chi connectivity index (χ3v) is 5.49. The van der Waals surface area contributed by atoms with Crippen molar-refractivity contribution in [1.29, 1.82) is 0 Å². The van der Waals surface area contributed by atoms with Crippen molar-refractivity contribution in [2.24, 2.45) is 16.5 Å². The van der Waals surface area contributed by atoms with Crippen molar-refractivity contribution < 1.29 is 13.6 Å². The highest BCUT2D eigenvalue weighted by molar-refractivity contribution is 7.89. The van der Waals surface area contributed by atoms with E-state index in [1.54, 1.807) is 4.31 Å². The van der Waals surface area contributed by atoms with Crippen LogP contribution >= 0.6 is 0 Å². The first-order chi connectivity index (χ1) is 8.19. The lowest BCUT2D eigenvalue weighted by Crippen LogP contribution is -2.46. The average Bonchev–Trinajstić information content (AvgIpc) is 2.24. The molecule has 18 heavy (non-hydrogen) atoms. The van der Waals surface area contributed by atoms with Gasteiger partial charge in [0.1, 0.15) is 0 Å². The minimum Gasteiger partial charge on any atom is -0.411 e. The average molecular weight is 276 g/mol. The van der Waals surface area contributed by atoms with Crippen molar-refractivity contribution in [2.45, 2.75) is 40.5 Å². The highest BCUT2D eigenvalue weighted by Gasteiger charge is 2.34. The summed E-state index contributed by atoms with van der Waals surface area (Å²) in [6.07, 6.45) is 1.32. The maximum Gasteiger partial charge on any atom is 0.214 e. The fourth-order valence-corrected chi connectivity index (χ4v) is 4.33. The Kier molecular flexibility index (Phi) is 4.78. The molecule has 0 aromatic carbocycles. The number of sulfonamides is 1. The summed E-state index contributed by atoms with van der Waals surface area (Å²) in [5, 5.41) is 12.2. The molecule has 1 rings (SSSR count). The van der Waals surface area contributed by atoms with E-state index in [0.29, 0.717) is 19.5 Å². The lowest BCUT2D eigenvalue weighted by atomic mass is 9.95. The normalized spacial score (nSPS) is 25.6. The van der Waals surface area contributed by atoms with Gasteiger partial charge in [0.05, 0.1) is 11.5 Å². The molecular weight excluding hydrogens is 252 g/mol. The Hall–Kier alpha value is -0.620. The van der Waals surface area contributed by atoms with E-state index in [-0.39, 0.29) is 17.1 Å². The predicted molar refractivity (Wildman–Crippen MR) is 72.4 cm³/mol. The van der Waals surface area contributed by atoms with E-state index in [4.69, 9.17) is 5.21 Å². The summed E-state index contributed by atoms with van der Waals surface area (Å²) in [6, 6.07) is 0. The van der Waals surface area contributed by atoms with Gasteiger partial charge in [0.15, 0.2) is 0 Å². The van der Waals surface area contributed by atoms with Crippen LogP contribution in [0.5, 0.6) is 0 Å². The zero-order valence-corrected chi connectivity index (χ0v) is 12.5. The zero-order chi connectivity index (χ0) is 14.0. The number of hydrogen-bond donors (Lipinski definition) is 1. The van der Waals surface area contributed by atoms with Crippen LogP contribution in [0.1, 0.15) is 40.5 Å².